The SMILES string of the molecule is COc1ccc(CNC(=O)CNC(=O)C2(N)CC2)cc1. The van der Waals surface area contributed by atoms with Gasteiger partial charge in [0.25, 0.3) is 0 Å². The van der Waals surface area contributed by atoms with Crippen LogP contribution in [0.25, 0.3) is 0 Å². The first kappa shape index (κ1) is 14.3. The largest absolute Gasteiger partial charge is 0.497 e. The summed E-state index contributed by atoms with van der Waals surface area (Å²) in [5.74, 6) is 0.278. The summed E-state index contributed by atoms with van der Waals surface area (Å²) in [5, 5.41) is 5.27. The third kappa shape index (κ3) is 3.71. The van der Waals surface area contributed by atoms with Crippen LogP contribution in [-0.2, 0) is 16.1 Å². The number of rotatable bonds is 6. The van der Waals surface area contributed by atoms with E-state index in [0.29, 0.717) is 19.4 Å². The van der Waals surface area contributed by atoms with E-state index in [4.69, 9.17) is 10.5 Å². The summed E-state index contributed by atoms with van der Waals surface area (Å²) in [6.07, 6.45) is 1.37. The van der Waals surface area contributed by atoms with Crippen molar-refractivity contribution in [1.29, 1.82) is 0 Å². The van der Waals surface area contributed by atoms with E-state index >= 15 is 0 Å². The number of benzene rings is 1. The minimum Gasteiger partial charge on any atom is -0.497 e. The van der Waals surface area contributed by atoms with Crippen molar-refractivity contribution in [3.63, 3.8) is 0 Å². The molecule has 0 unspecified atom stereocenters. The maximum atomic E-state index is 11.6. The number of hydrogen-bond acceptors (Lipinski definition) is 4. The van der Waals surface area contributed by atoms with Crippen molar-refractivity contribution in [3.05, 3.63) is 29.8 Å². The smallest absolute Gasteiger partial charge is 0.240 e. The lowest BCUT2D eigenvalue weighted by Crippen LogP contribution is -2.46. The van der Waals surface area contributed by atoms with E-state index < -0.39 is 5.54 Å². The molecule has 6 heteroatoms. The van der Waals surface area contributed by atoms with Crippen LogP contribution in [0.5, 0.6) is 5.75 Å². The quantitative estimate of drug-likeness (QED) is 0.678. The Morgan fingerprint density at radius 3 is 2.45 bits per heavy atom. The molecule has 1 saturated carbocycles. The average molecular weight is 277 g/mol. The van der Waals surface area contributed by atoms with Crippen LogP contribution in [0.1, 0.15) is 18.4 Å². The summed E-state index contributed by atoms with van der Waals surface area (Å²) in [6, 6.07) is 7.40. The van der Waals surface area contributed by atoms with Gasteiger partial charge in [-0.05, 0) is 30.5 Å². The summed E-state index contributed by atoms with van der Waals surface area (Å²) in [6.45, 7) is 0.362. The van der Waals surface area contributed by atoms with Crippen LogP contribution < -0.4 is 21.1 Å². The molecule has 6 nitrogen and oxygen atoms in total. The van der Waals surface area contributed by atoms with Crippen LogP contribution in [0.4, 0.5) is 0 Å². The third-order valence-electron chi connectivity index (χ3n) is 3.30. The minimum absolute atomic E-state index is 0.0477. The Morgan fingerprint density at radius 1 is 1.25 bits per heavy atom. The summed E-state index contributed by atoms with van der Waals surface area (Å²) in [5.41, 5.74) is 5.93. The molecule has 0 aliphatic heterocycles. The predicted octanol–water partition coefficient (Wildman–Crippen LogP) is -0.0811. The van der Waals surface area contributed by atoms with E-state index in [1.54, 1.807) is 7.11 Å². The lowest BCUT2D eigenvalue weighted by atomic mass is 10.2. The molecule has 108 valence electrons. The number of nitrogens with one attached hydrogen (secondary N) is 2. The summed E-state index contributed by atoms with van der Waals surface area (Å²) < 4.78 is 5.05. The maximum Gasteiger partial charge on any atom is 0.240 e. The number of amides is 2. The lowest BCUT2D eigenvalue weighted by molar-refractivity contribution is -0.127. The van der Waals surface area contributed by atoms with E-state index in [1.807, 2.05) is 24.3 Å². The van der Waals surface area contributed by atoms with Gasteiger partial charge in [-0.15, -0.1) is 0 Å². The zero-order chi connectivity index (χ0) is 14.6. The Balaban J connectivity index is 1.70. The summed E-state index contributed by atoms with van der Waals surface area (Å²) in [4.78, 5) is 23.1. The molecule has 0 aromatic heterocycles. The number of carbonyl (C=O) groups is 2. The lowest BCUT2D eigenvalue weighted by Gasteiger charge is -2.10. The van der Waals surface area contributed by atoms with Gasteiger partial charge in [-0.25, -0.2) is 0 Å². The fraction of sp³-hybridized carbons (Fsp3) is 0.429. The monoisotopic (exact) mass is 277 g/mol. The molecule has 1 fully saturated rings. The highest BCUT2D eigenvalue weighted by Gasteiger charge is 2.45. The maximum absolute atomic E-state index is 11.6. The second kappa shape index (κ2) is 5.92. The average Bonchev–Trinajstić information content (AvgIpc) is 3.22. The van der Waals surface area contributed by atoms with E-state index in [2.05, 4.69) is 10.6 Å². The molecule has 2 amide bonds. The standard InChI is InChI=1S/C14H19N3O3/c1-20-11-4-2-10(3-5-11)8-16-12(18)9-17-13(19)14(15)6-7-14/h2-5H,6-9,15H2,1H3,(H,16,18)(H,17,19). The van der Waals surface area contributed by atoms with Crippen molar-refractivity contribution in [2.45, 2.75) is 24.9 Å². The summed E-state index contributed by atoms with van der Waals surface area (Å²) in [7, 11) is 1.60. The van der Waals surface area contributed by atoms with Crippen molar-refractivity contribution in [1.82, 2.24) is 10.6 Å². The molecule has 0 radical (unpaired) electrons. The molecule has 0 atom stereocenters. The third-order valence-corrected chi connectivity index (χ3v) is 3.30. The fourth-order valence-corrected chi connectivity index (χ4v) is 1.70. The van der Waals surface area contributed by atoms with Gasteiger partial charge in [0.2, 0.25) is 11.8 Å². The number of carbonyl (C=O) groups excluding carboxylic acids is 2. The Labute approximate surface area is 117 Å². The van der Waals surface area contributed by atoms with Gasteiger partial charge in [-0.3, -0.25) is 9.59 Å². The number of ether oxygens (including phenoxy) is 1. The fourth-order valence-electron chi connectivity index (χ4n) is 1.70. The molecule has 4 N–H and O–H groups in total. The number of hydrogen-bond donors (Lipinski definition) is 3. The minimum atomic E-state index is -0.740. The molecule has 1 aliphatic carbocycles. The first-order valence-electron chi connectivity index (χ1n) is 6.50. The Hall–Kier alpha value is -2.08. The van der Waals surface area contributed by atoms with Gasteiger partial charge in [0.1, 0.15) is 5.75 Å². The molecule has 1 aliphatic rings. The number of nitrogens with two attached hydrogens (primary N) is 1. The molecule has 1 aromatic rings. The van der Waals surface area contributed by atoms with E-state index in [1.165, 1.54) is 0 Å². The summed E-state index contributed by atoms with van der Waals surface area (Å²) >= 11 is 0. The van der Waals surface area contributed by atoms with Crippen LogP contribution >= 0.6 is 0 Å². The topological polar surface area (TPSA) is 93.5 Å². The number of methoxy groups -OCH3 is 1. The molecule has 1 aromatic carbocycles. The van der Waals surface area contributed by atoms with Crippen molar-refractivity contribution >= 4 is 11.8 Å². The zero-order valence-corrected chi connectivity index (χ0v) is 11.4. The molecule has 0 heterocycles. The van der Waals surface area contributed by atoms with Gasteiger partial charge in [-0.1, -0.05) is 12.1 Å². The molecule has 0 bridgehead atoms. The van der Waals surface area contributed by atoms with Crippen LogP contribution in [-0.4, -0.2) is 31.0 Å². The highest BCUT2D eigenvalue weighted by Crippen LogP contribution is 2.31. The Kier molecular flexibility index (Phi) is 4.24. The van der Waals surface area contributed by atoms with E-state index in [-0.39, 0.29) is 18.4 Å². The van der Waals surface area contributed by atoms with Gasteiger partial charge in [-0.2, -0.15) is 0 Å². The van der Waals surface area contributed by atoms with Crippen molar-refractivity contribution in [3.8, 4) is 5.75 Å². The zero-order valence-electron chi connectivity index (χ0n) is 11.4. The Bertz CT molecular complexity index is 495. The molecular weight excluding hydrogens is 258 g/mol. The van der Waals surface area contributed by atoms with Crippen molar-refractivity contribution in [2.24, 2.45) is 5.73 Å². The first-order chi connectivity index (χ1) is 9.53. The van der Waals surface area contributed by atoms with Gasteiger partial charge < -0.3 is 21.1 Å². The molecular formula is C14H19N3O3. The predicted molar refractivity (Wildman–Crippen MR) is 74.0 cm³/mol. The molecule has 0 saturated heterocycles. The van der Waals surface area contributed by atoms with Gasteiger partial charge in [0.05, 0.1) is 19.2 Å². The van der Waals surface area contributed by atoms with Crippen LogP contribution in [0, 0.1) is 0 Å². The van der Waals surface area contributed by atoms with E-state index in [0.717, 1.165) is 11.3 Å². The Morgan fingerprint density at radius 2 is 1.90 bits per heavy atom. The van der Waals surface area contributed by atoms with Crippen molar-refractivity contribution < 1.29 is 14.3 Å². The van der Waals surface area contributed by atoms with Gasteiger partial charge in [0.15, 0.2) is 0 Å². The second-order valence-electron chi connectivity index (χ2n) is 4.96. The van der Waals surface area contributed by atoms with Crippen LogP contribution in [0.15, 0.2) is 24.3 Å². The van der Waals surface area contributed by atoms with Crippen LogP contribution in [0.3, 0.4) is 0 Å². The normalized spacial score (nSPS) is 15.3. The highest BCUT2D eigenvalue weighted by atomic mass is 16.5. The van der Waals surface area contributed by atoms with Gasteiger partial charge >= 0.3 is 0 Å². The highest BCUT2D eigenvalue weighted by molar-refractivity contribution is 5.92. The first-order valence-corrected chi connectivity index (χ1v) is 6.50. The van der Waals surface area contributed by atoms with E-state index in [9.17, 15) is 9.59 Å². The molecule has 2 rings (SSSR count). The molecule has 0 spiro atoms. The second-order valence-corrected chi connectivity index (χ2v) is 4.96. The molecule has 20 heavy (non-hydrogen) atoms. The van der Waals surface area contributed by atoms with Crippen molar-refractivity contribution in [2.75, 3.05) is 13.7 Å². The van der Waals surface area contributed by atoms with Crippen LogP contribution in [0.2, 0.25) is 0 Å². The van der Waals surface area contributed by atoms with Gasteiger partial charge in [0, 0.05) is 6.54 Å².